The summed E-state index contributed by atoms with van der Waals surface area (Å²) in [6, 6.07) is 1.26. The molecule has 0 radical (unpaired) electrons. The number of halogens is 3. The number of alkyl halides is 2. The zero-order valence-corrected chi connectivity index (χ0v) is 11.7. The molecule has 1 aromatic heterocycles. The van der Waals surface area contributed by atoms with Crippen molar-refractivity contribution in [1.29, 1.82) is 0 Å². The average molecular weight is 335 g/mol. The Bertz CT molecular complexity index is 501. The number of hydrogen-bond donors (Lipinski definition) is 2. The monoisotopic (exact) mass is 334 g/mol. The van der Waals surface area contributed by atoms with Gasteiger partial charge in [-0.25, -0.2) is 13.8 Å². The maximum Gasteiger partial charge on any atom is 0.300 e. The number of nitrogens with zero attached hydrogens (tertiary/aromatic N) is 1. The van der Waals surface area contributed by atoms with Gasteiger partial charge in [-0.15, -0.1) is 0 Å². The quantitative estimate of drug-likeness (QED) is 0.831. The van der Waals surface area contributed by atoms with Gasteiger partial charge in [-0.1, -0.05) is 0 Å². The molecule has 0 aromatic carbocycles. The van der Waals surface area contributed by atoms with Crippen LogP contribution in [0.3, 0.4) is 0 Å². The highest BCUT2D eigenvalue weighted by atomic mass is 79.9. The third-order valence-corrected chi connectivity index (χ3v) is 3.46. The second kappa shape index (κ2) is 5.13. The molecule has 104 valence electrons. The van der Waals surface area contributed by atoms with Crippen molar-refractivity contribution >= 4 is 27.5 Å². The molecule has 0 spiro atoms. The van der Waals surface area contributed by atoms with E-state index >= 15 is 0 Å². The Kier molecular flexibility index (Phi) is 3.87. The third kappa shape index (κ3) is 3.27. The van der Waals surface area contributed by atoms with Crippen LogP contribution in [0.25, 0.3) is 0 Å². The summed E-state index contributed by atoms with van der Waals surface area (Å²) in [6.45, 7) is 1.70. The minimum Gasteiger partial charge on any atom is -0.390 e. The van der Waals surface area contributed by atoms with Crippen LogP contribution >= 0.6 is 15.9 Å². The molecule has 0 bridgehead atoms. The first-order chi connectivity index (χ1) is 8.78. The van der Waals surface area contributed by atoms with Gasteiger partial charge < -0.3 is 10.4 Å². The molecule has 7 heteroatoms. The number of Topliss-reactive ketones (excluding diaryl/α,β-unsaturated/α-hetero) is 1. The molecule has 0 amide bonds. The molecule has 1 aliphatic carbocycles. The predicted octanol–water partition coefficient (Wildman–Crippen LogP) is 2.62. The standard InChI is InChI=1S/C12H13BrF2N2O2/c1-12(19)3-7(4-12)17-11-8(9(18)10(14)15)2-6(13)5-16-11/h2,5,7,10,19H,3-4H2,1H3,(H,16,17). The Morgan fingerprint density at radius 3 is 2.79 bits per heavy atom. The summed E-state index contributed by atoms with van der Waals surface area (Å²) in [4.78, 5) is 15.4. The fraction of sp³-hybridized carbons (Fsp3) is 0.500. The number of carbonyl (C=O) groups excluding carboxylic acids is 1. The number of hydrogen-bond acceptors (Lipinski definition) is 4. The van der Waals surface area contributed by atoms with Crippen molar-refractivity contribution in [3.05, 3.63) is 22.3 Å². The number of carbonyl (C=O) groups is 1. The summed E-state index contributed by atoms with van der Waals surface area (Å²) in [5.41, 5.74) is -0.879. The molecule has 4 nitrogen and oxygen atoms in total. The lowest BCUT2D eigenvalue weighted by Gasteiger charge is -2.41. The number of aliphatic hydroxyl groups is 1. The molecule has 19 heavy (non-hydrogen) atoms. The van der Waals surface area contributed by atoms with Gasteiger partial charge in [0.15, 0.2) is 0 Å². The van der Waals surface area contributed by atoms with E-state index in [1.165, 1.54) is 12.3 Å². The normalized spacial score (nSPS) is 26.1. The van der Waals surface area contributed by atoms with E-state index in [2.05, 4.69) is 26.2 Å². The van der Waals surface area contributed by atoms with Crippen LogP contribution in [-0.2, 0) is 0 Å². The van der Waals surface area contributed by atoms with Crippen LogP contribution in [0.5, 0.6) is 0 Å². The van der Waals surface area contributed by atoms with E-state index in [1.807, 2.05) is 0 Å². The molecule has 1 aromatic rings. The molecule has 2 N–H and O–H groups in total. The third-order valence-electron chi connectivity index (χ3n) is 3.03. The summed E-state index contributed by atoms with van der Waals surface area (Å²) < 4.78 is 25.5. The van der Waals surface area contributed by atoms with E-state index < -0.39 is 17.8 Å². The molecule has 1 aliphatic rings. The molecular weight excluding hydrogens is 322 g/mol. The average Bonchev–Trinajstić information content (AvgIpc) is 2.27. The zero-order valence-electron chi connectivity index (χ0n) is 10.2. The van der Waals surface area contributed by atoms with E-state index in [0.29, 0.717) is 17.3 Å². The minimum absolute atomic E-state index is 0.0621. The Morgan fingerprint density at radius 2 is 2.26 bits per heavy atom. The summed E-state index contributed by atoms with van der Waals surface area (Å²) in [7, 11) is 0. The first-order valence-electron chi connectivity index (χ1n) is 5.75. The summed E-state index contributed by atoms with van der Waals surface area (Å²) in [5.74, 6) is -1.13. The molecule has 1 heterocycles. The molecule has 0 unspecified atom stereocenters. The van der Waals surface area contributed by atoms with Crippen LogP contribution in [0.4, 0.5) is 14.6 Å². The SMILES string of the molecule is CC1(O)CC(Nc2ncc(Br)cc2C(=O)C(F)F)C1. The molecule has 0 saturated heterocycles. The first kappa shape index (κ1) is 14.3. The number of pyridine rings is 1. The van der Waals surface area contributed by atoms with Crippen LogP contribution in [0.15, 0.2) is 16.7 Å². The van der Waals surface area contributed by atoms with Gasteiger partial charge in [0.25, 0.3) is 0 Å². The van der Waals surface area contributed by atoms with Crippen LogP contribution in [0, 0.1) is 0 Å². The molecular formula is C12H13BrF2N2O2. The number of ketones is 1. The topological polar surface area (TPSA) is 62.2 Å². The fourth-order valence-electron chi connectivity index (χ4n) is 2.16. The smallest absolute Gasteiger partial charge is 0.300 e. The highest BCUT2D eigenvalue weighted by molar-refractivity contribution is 9.10. The lowest BCUT2D eigenvalue weighted by Crippen LogP contribution is -2.48. The van der Waals surface area contributed by atoms with E-state index in [9.17, 15) is 18.7 Å². The Morgan fingerprint density at radius 1 is 1.63 bits per heavy atom. The van der Waals surface area contributed by atoms with E-state index in [0.717, 1.165) is 0 Å². The second-order valence-corrected chi connectivity index (χ2v) is 5.88. The van der Waals surface area contributed by atoms with Gasteiger partial charge in [0.05, 0.1) is 11.2 Å². The number of nitrogens with one attached hydrogen (secondary N) is 1. The van der Waals surface area contributed by atoms with Crippen LogP contribution in [0.1, 0.15) is 30.1 Å². The Labute approximate surface area is 117 Å². The largest absolute Gasteiger partial charge is 0.390 e. The fourth-order valence-corrected chi connectivity index (χ4v) is 2.49. The lowest BCUT2D eigenvalue weighted by atomic mass is 9.77. The van der Waals surface area contributed by atoms with Gasteiger partial charge in [0.2, 0.25) is 5.78 Å². The molecule has 2 rings (SSSR count). The van der Waals surface area contributed by atoms with Gasteiger partial charge in [0, 0.05) is 16.7 Å². The van der Waals surface area contributed by atoms with Crippen molar-refractivity contribution in [1.82, 2.24) is 4.98 Å². The summed E-state index contributed by atoms with van der Waals surface area (Å²) in [6.07, 6.45) is -0.650. The van der Waals surface area contributed by atoms with Gasteiger partial charge in [-0.05, 0) is 41.8 Å². The van der Waals surface area contributed by atoms with E-state index in [4.69, 9.17) is 0 Å². The van der Waals surface area contributed by atoms with Crippen LogP contribution < -0.4 is 5.32 Å². The van der Waals surface area contributed by atoms with Crippen molar-refractivity contribution in [3.8, 4) is 0 Å². The number of anilines is 1. The van der Waals surface area contributed by atoms with Crippen molar-refractivity contribution in [3.63, 3.8) is 0 Å². The van der Waals surface area contributed by atoms with Gasteiger partial charge >= 0.3 is 6.43 Å². The lowest BCUT2D eigenvalue weighted by molar-refractivity contribution is -0.0235. The van der Waals surface area contributed by atoms with E-state index in [-0.39, 0.29) is 17.4 Å². The van der Waals surface area contributed by atoms with Gasteiger partial charge in [-0.2, -0.15) is 0 Å². The predicted molar refractivity (Wildman–Crippen MR) is 69.5 cm³/mol. The summed E-state index contributed by atoms with van der Waals surface area (Å²) in [5, 5.41) is 12.5. The maximum absolute atomic E-state index is 12.5. The number of rotatable bonds is 4. The highest BCUT2D eigenvalue weighted by Crippen LogP contribution is 2.34. The minimum atomic E-state index is -3.07. The van der Waals surface area contributed by atoms with Crippen LogP contribution in [-0.4, -0.2) is 33.9 Å². The summed E-state index contributed by atoms with van der Waals surface area (Å²) >= 11 is 3.10. The zero-order chi connectivity index (χ0) is 14.2. The maximum atomic E-state index is 12.5. The molecule has 0 atom stereocenters. The van der Waals surface area contributed by atoms with Crippen molar-refractivity contribution < 1.29 is 18.7 Å². The van der Waals surface area contributed by atoms with Gasteiger partial charge in [-0.3, -0.25) is 4.79 Å². The molecule has 1 fully saturated rings. The van der Waals surface area contributed by atoms with Crippen molar-refractivity contribution in [2.75, 3.05) is 5.32 Å². The molecule has 0 aliphatic heterocycles. The van der Waals surface area contributed by atoms with Gasteiger partial charge in [0.1, 0.15) is 5.82 Å². The Balaban J connectivity index is 2.18. The number of aromatic nitrogens is 1. The molecule has 1 saturated carbocycles. The van der Waals surface area contributed by atoms with E-state index in [1.54, 1.807) is 6.92 Å². The van der Waals surface area contributed by atoms with Crippen LogP contribution in [0.2, 0.25) is 0 Å². The first-order valence-corrected chi connectivity index (χ1v) is 6.54. The highest BCUT2D eigenvalue weighted by Gasteiger charge is 2.39. The van der Waals surface area contributed by atoms with Crippen molar-refractivity contribution in [2.45, 2.75) is 37.8 Å². The van der Waals surface area contributed by atoms with Crippen molar-refractivity contribution in [2.24, 2.45) is 0 Å². The Hall–Kier alpha value is -1.08. The second-order valence-electron chi connectivity index (χ2n) is 4.96.